The van der Waals surface area contributed by atoms with E-state index in [-0.39, 0.29) is 22.9 Å². The molecule has 1 heterocycles. The Hall–Kier alpha value is -2.33. The molecule has 1 N–H and O–H groups in total. The number of benzene rings is 2. The van der Waals surface area contributed by atoms with Crippen LogP contribution in [0.3, 0.4) is 0 Å². The van der Waals surface area contributed by atoms with Crippen LogP contribution in [0.4, 0.5) is 4.39 Å². The fraction of sp³-hybridized carbons (Fsp3) is 0.333. The molecule has 0 aromatic heterocycles. The number of ketones is 2. The summed E-state index contributed by atoms with van der Waals surface area (Å²) in [5, 5.41) is 3.17. The lowest BCUT2D eigenvalue weighted by Gasteiger charge is -2.28. The van der Waals surface area contributed by atoms with Crippen molar-refractivity contribution in [1.82, 2.24) is 5.32 Å². The smallest absolute Gasteiger partial charge is 0.149 e. The Morgan fingerprint density at radius 3 is 1.96 bits per heavy atom. The molecule has 1 spiro atoms. The number of Topliss-reactive ketones (excluding diaryl/α,β-unsaturated/α-hetero) is 2. The van der Waals surface area contributed by atoms with Crippen LogP contribution in [0.15, 0.2) is 36.4 Å². The summed E-state index contributed by atoms with van der Waals surface area (Å²) in [6, 6.07) is 10.3. The summed E-state index contributed by atoms with van der Waals surface area (Å²) < 4.78 is 13.1. The second-order valence-electron chi connectivity index (χ2n) is 7.38. The molecular weight excluding hydrogens is 317 g/mol. The highest BCUT2D eigenvalue weighted by molar-refractivity contribution is 6.11. The van der Waals surface area contributed by atoms with Crippen molar-refractivity contribution in [2.75, 3.05) is 6.54 Å². The van der Waals surface area contributed by atoms with Gasteiger partial charge >= 0.3 is 0 Å². The molecule has 3 nitrogen and oxygen atoms in total. The van der Waals surface area contributed by atoms with Crippen LogP contribution in [0.5, 0.6) is 0 Å². The first-order valence-corrected chi connectivity index (χ1v) is 8.56. The molecule has 0 amide bonds. The number of carbonyl (C=O) groups excluding carboxylic acids is 2. The zero-order valence-electron chi connectivity index (χ0n) is 14.4. The first-order chi connectivity index (χ1) is 11.9. The highest BCUT2D eigenvalue weighted by Gasteiger charge is 2.52. The van der Waals surface area contributed by atoms with Crippen molar-refractivity contribution >= 4 is 11.6 Å². The summed E-state index contributed by atoms with van der Waals surface area (Å²) in [7, 11) is 0. The number of rotatable bonds is 2. The van der Waals surface area contributed by atoms with E-state index in [2.05, 4.69) is 5.32 Å². The molecule has 128 valence electrons. The van der Waals surface area contributed by atoms with E-state index < -0.39 is 5.92 Å². The molecule has 0 bridgehead atoms. The molecule has 1 aliphatic carbocycles. The Balaban J connectivity index is 1.72. The molecule has 1 saturated carbocycles. The van der Waals surface area contributed by atoms with Crippen molar-refractivity contribution < 1.29 is 14.0 Å². The van der Waals surface area contributed by atoms with Gasteiger partial charge in [0, 0.05) is 24.9 Å². The van der Waals surface area contributed by atoms with Crippen molar-refractivity contribution in [3.8, 4) is 11.1 Å². The third-order valence-electron chi connectivity index (χ3n) is 5.41. The van der Waals surface area contributed by atoms with Crippen LogP contribution >= 0.6 is 0 Å². The number of nitrogens with one attached hydrogen (secondary N) is 1. The number of hydrogen-bond acceptors (Lipinski definition) is 3. The van der Waals surface area contributed by atoms with Gasteiger partial charge in [-0.1, -0.05) is 24.3 Å². The summed E-state index contributed by atoms with van der Waals surface area (Å²) in [5.41, 5.74) is 4.35. The fourth-order valence-electron chi connectivity index (χ4n) is 4.05. The van der Waals surface area contributed by atoms with Crippen LogP contribution in [-0.2, 0) is 9.59 Å². The van der Waals surface area contributed by atoms with Crippen LogP contribution in [-0.4, -0.2) is 23.7 Å². The summed E-state index contributed by atoms with van der Waals surface area (Å²) >= 11 is 0. The highest BCUT2D eigenvalue weighted by atomic mass is 19.1. The topological polar surface area (TPSA) is 56.1 Å². The minimum absolute atomic E-state index is 0.0157. The lowest BCUT2D eigenvalue weighted by Crippen LogP contribution is -2.38. The van der Waals surface area contributed by atoms with Gasteiger partial charge in [0.25, 0.3) is 0 Å². The van der Waals surface area contributed by atoms with E-state index in [1.54, 1.807) is 12.1 Å². The maximum Gasteiger partial charge on any atom is 0.149 e. The Labute approximate surface area is 146 Å². The van der Waals surface area contributed by atoms with E-state index >= 15 is 0 Å². The molecule has 25 heavy (non-hydrogen) atoms. The van der Waals surface area contributed by atoms with Gasteiger partial charge in [0.1, 0.15) is 23.3 Å². The number of halogens is 1. The Kier molecular flexibility index (Phi) is 3.62. The van der Waals surface area contributed by atoms with E-state index in [0.29, 0.717) is 12.8 Å². The molecule has 2 aliphatic rings. The van der Waals surface area contributed by atoms with E-state index in [4.69, 9.17) is 0 Å². The summed E-state index contributed by atoms with van der Waals surface area (Å²) in [6.07, 6.45) is 0.865. The predicted octanol–water partition coefficient (Wildman–Crippen LogP) is 3.47. The Bertz CT molecular complexity index is 838. The first-order valence-electron chi connectivity index (χ1n) is 8.56. The minimum atomic E-state index is -0.643. The fourth-order valence-corrected chi connectivity index (χ4v) is 4.05. The van der Waals surface area contributed by atoms with Crippen LogP contribution in [0.2, 0.25) is 0 Å². The van der Waals surface area contributed by atoms with E-state index in [9.17, 15) is 14.0 Å². The van der Waals surface area contributed by atoms with E-state index in [1.807, 2.05) is 26.0 Å². The van der Waals surface area contributed by atoms with E-state index in [1.165, 1.54) is 12.1 Å². The zero-order valence-corrected chi connectivity index (χ0v) is 14.4. The van der Waals surface area contributed by atoms with Crippen molar-refractivity contribution in [2.24, 2.45) is 0 Å². The lowest BCUT2D eigenvalue weighted by atomic mass is 9.73. The number of hydrogen-bond donors (Lipinski definition) is 1. The molecule has 0 unspecified atom stereocenters. The quantitative estimate of drug-likeness (QED) is 0.674. The summed E-state index contributed by atoms with van der Waals surface area (Å²) in [6.45, 7) is 4.64. The normalized spacial score (nSPS) is 25.5. The van der Waals surface area contributed by atoms with Crippen molar-refractivity contribution in [3.05, 3.63) is 58.9 Å². The van der Waals surface area contributed by atoms with Crippen LogP contribution < -0.4 is 5.32 Å². The van der Waals surface area contributed by atoms with Crippen LogP contribution in [0.25, 0.3) is 11.1 Å². The van der Waals surface area contributed by atoms with Crippen LogP contribution in [0.1, 0.15) is 35.4 Å². The predicted molar refractivity (Wildman–Crippen MR) is 94.0 cm³/mol. The summed E-state index contributed by atoms with van der Waals surface area (Å²) in [4.78, 5) is 25.3. The second kappa shape index (κ2) is 5.60. The molecule has 4 rings (SSSR count). The third-order valence-corrected chi connectivity index (χ3v) is 5.41. The lowest BCUT2D eigenvalue weighted by molar-refractivity contribution is -0.132. The molecule has 2 aromatic carbocycles. The van der Waals surface area contributed by atoms with Crippen molar-refractivity contribution in [3.63, 3.8) is 0 Å². The van der Waals surface area contributed by atoms with Gasteiger partial charge in [-0.2, -0.15) is 0 Å². The average Bonchev–Trinajstić information content (AvgIpc) is 3.28. The minimum Gasteiger partial charge on any atom is -0.307 e. The zero-order chi connectivity index (χ0) is 17.8. The van der Waals surface area contributed by atoms with Gasteiger partial charge in [0.2, 0.25) is 0 Å². The molecular formula is C21H20FNO2. The van der Waals surface area contributed by atoms with E-state index in [0.717, 1.165) is 34.4 Å². The van der Waals surface area contributed by atoms with Gasteiger partial charge in [-0.15, -0.1) is 0 Å². The van der Waals surface area contributed by atoms with Gasteiger partial charge in [0.15, 0.2) is 0 Å². The third kappa shape index (κ3) is 2.81. The van der Waals surface area contributed by atoms with Gasteiger partial charge in [-0.3, -0.25) is 9.59 Å². The molecule has 1 aliphatic heterocycles. The summed E-state index contributed by atoms with van der Waals surface area (Å²) in [5.74, 6) is -0.880. The SMILES string of the molecule is Cc1cc(-c2ccc(F)cc2)cc(C)c1C1C(=O)CC2(CN2)CC1=O. The van der Waals surface area contributed by atoms with Gasteiger partial charge < -0.3 is 5.32 Å². The second-order valence-corrected chi connectivity index (χ2v) is 7.38. The maximum absolute atomic E-state index is 13.1. The maximum atomic E-state index is 13.1. The average molecular weight is 337 g/mol. The Morgan fingerprint density at radius 2 is 1.48 bits per heavy atom. The standard InChI is InChI=1S/C21H20FNO2/c1-12-7-15(14-3-5-16(22)6-4-14)8-13(2)19(12)20-17(24)9-21(11-23-21)10-18(20)25/h3-8,20,23H,9-11H2,1-2H3. The first kappa shape index (κ1) is 16.2. The molecule has 2 aromatic rings. The Morgan fingerprint density at radius 1 is 0.960 bits per heavy atom. The number of carbonyl (C=O) groups is 2. The van der Waals surface area contributed by atoms with Gasteiger partial charge in [-0.05, 0) is 53.8 Å². The van der Waals surface area contributed by atoms with Gasteiger partial charge in [-0.25, -0.2) is 4.39 Å². The molecule has 1 saturated heterocycles. The molecule has 2 fully saturated rings. The van der Waals surface area contributed by atoms with Crippen LogP contribution in [0, 0.1) is 19.7 Å². The monoisotopic (exact) mass is 337 g/mol. The molecule has 4 heteroatoms. The largest absolute Gasteiger partial charge is 0.307 e. The highest BCUT2D eigenvalue weighted by Crippen LogP contribution is 2.40. The van der Waals surface area contributed by atoms with Crippen molar-refractivity contribution in [1.29, 1.82) is 0 Å². The molecule has 0 radical (unpaired) electrons. The molecule has 0 atom stereocenters. The van der Waals surface area contributed by atoms with Gasteiger partial charge in [0.05, 0.1) is 0 Å². The van der Waals surface area contributed by atoms with Crippen molar-refractivity contribution in [2.45, 2.75) is 38.1 Å². The number of aryl methyl sites for hydroxylation is 2.